The highest BCUT2D eigenvalue weighted by atomic mass is 19.1. The second-order valence-electron chi connectivity index (χ2n) is 2.82. The van der Waals surface area contributed by atoms with Crippen molar-refractivity contribution in [3.05, 3.63) is 35.9 Å². The summed E-state index contributed by atoms with van der Waals surface area (Å²) in [6.07, 6.45) is 0. The maximum absolute atomic E-state index is 13.4. The second kappa shape index (κ2) is 3.25. The van der Waals surface area contributed by atoms with Gasteiger partial charge in [-0.1, -0.05) is 30.3 Å². The van der Waals surface area contributed by atoms with Crippen molar-refractivity contribution in [3.8, 4) is 0 Å². The number of alkyl halides is 1. The van der Waals surface area contributed by atoms with Gasteiger partial charge in [0.15, 0.2) is 5.57 Å². The van der Waals surface area contributed by atoms with E-state index in [2.05, 4.69) is 0 Å². The Morgan fingerprint density at radius 3 is 2.17 bits per heavy atom. The second-order valence-corrected chi connectivity index (χ2v) is 2.82. The van der Waals surface area contributed by atoms with Gasteiger partial charge in [-0.05, 0) is 12.5 Å². The first-order chi connectivity index (χ1) is 5.55. The topological polar surface area (TPSA) is 40.5 Å². The summed E-state index contributed by atoms with van der Waals surface area (Å²) in [4.78, 5) is 0. The summed E-state index contributed by atoms with van der Waals surface area (Å²) >= 11 is 0. The molecule has 0 heterocycles. The van der Waals surface area contributed by atoms with Crippen LogP contribution < -0.4 is 0 Å². The van der Waals surface area contributed by atoms with Crippen molar-refractivity contribution in [1.29, 1.82) is 0 Å². The van der Waals surface area contributed by atoms with E-state index in [1.54, 1.807) is 18.2 Å². The van der Waals surface area contributed by atoms with Crippen LogP contribution in [-0.2, 0) is 5.57 Å². The van der Waals surface area contributed by atoms with Crippen molar-refractivity contribution >= 4 is 7.12 Å². The number of hydrogen-bond acceptors (Lipinski definition) is 2. The van der Waals surface area contributed by atoms with Crippen LogP contribution in [0.2, 0.25) is 0 Å². The fourth-order valence-corrected chi connectivity index (χ4v) is 0.913. The van der Waals surface area contributed by atoms with Crippen LogP contribution in [0.1, 0.15) is 12.5 Å². The Balaban J connectivity index is 2.98. The van der Waals surface area contributed by atoms with Crippen LogP contribution in [0, 0.1) is 0 Å². The third kappa shape index (κ3) is 1.65. The van der Waals surface area contributed by atoms with E-state index in [0.717, 1.165) is 6.92 Å². The van der Waals surface area contributed by atoms with E-state index in [9.17, 15) is 4.39 Å². The molecule has 1 aromatic carbocycles. The Hall–Kier alpha value is -0.865. The molecule has 1 unspecified atom stereocenters. The third-order valence-electron chi connectivity index (χ3n) is 1.82. The van der Waals surface area contributed by atoms with Gasteiger partial charge in [-0.25, -0.2) is 4.39 Å². The Labute approximate surface area is 70.8 Å². The largest absolute Gasteiger partial charge is 0.496 e. The predicted octanol–water partition coefficient (Wildman–Crippen LogP) is 0.883. The molecule has 0 amide bonds. The maximum Gasteiger partial charge on any atom is 0.496 e. The highest BCUT2D eigenvalue weighted by molar-refractivity contribution is 6.44. The van der Waals surface area contributed by atoms with Gasteiger partial charge in [0.2, 0.25) is 0 Å². The highest BCUT2D eigenvalue weighted by Crippen LogP contribution is 2.25. The Morgan fingerprint density at radius 2 is 1.75 bits per heavy atom. The number of rotatable bonds is 2. The summed E-state index contributed by atoms with van der Waals surface area (Å²) in [7, 11) is -1.99. The van der Waals surface area contributed by atoms with Gasteiger partial charge in [0, 0.05) is 0 Å². The van der Waals surface area contributed by atoms with Crippen LogP contribution in [0.5, 0.6) is 0 Å². The van der Waals surface area contributed by atoms with Gasteiger partial charge >= 0.3 is 7.12 Å². The standard InChI is InChI=1S/C8H10BFO2/c1-8(10,9(11)12)7-5-3-2-4-6-7/h2-6,11-12H,1H3. The predicted molar refractivity (Wildman–Crippen MR) is 45.1 cm³/mol. The number of hydrogen-bond donors (Lipinski definition) is 2. The van der Waals surface area contributed by atoms with E-state index in [0.29, 0.717) is 0 Å². The lowest BCUT2D eigenvalue weighted by molar-refractivity contribution is 0.218. The molecule has 0 saturated heterocycles. The molecule has 0 radical (unpaired) electrons. The minimum atomic E-state index is -2.10. The van der Waals surface area contributed by atoms with E-state index in [-0.39, 0.29) is 5.56 Å². The number of halogens is 1. The van der Waals surface area contributed by atoms with E-state index >= 15 is 0 Å². The maximum atomic E-state index is 13.4. The lowest BCUT2D eigenvalue weighted by Crippen LogP contribution is -2.36. The molecule has 1 aromatic rings. The molecule has 64 valence electrons. The van der Waals surface area contributed by atoms with Gasteiger partial charge in [-0.2, -0.15) is 0 Å². The normalized spacial score (nSPS) is 15.3. The van der Waals surface area contributed by atoms with E-state index in [1.165, 1.54) is 12.1 Å². The van der Waals surface area contributed by atoms with E-state index in [1.807, 2.05) is 0 Å². The first kappa shape index (κ1) is 9.22. The van der Waals surface area contributed by atoms with E-state index < -0.39 is 12.7 Å². The molecule has 0 spiro atoms. The van der Waals surface area contributed by atoms with Crippen molar-refractivity contribution in [2.24, 2.45) is 0 Å². The Morgan fingerprint density at radius 1 is 1.25 bits per heavy atom. The zero-order chi connectivity index (χ0) is 9.19. The summed E-state index contributed by atoms with van der Waals surface area (Å²) in [5.41, 5.74) is -1.83. The van der Waals surface area contributed by atoms with Gasteiger partial charge in [-0.15, -0.1) is 0 Å². The molecule has 0 aliphatic rings. The molecule has 4 heteroatoms. The summed E-state index contributed by atoms with van der Waals surface area (Å²) in [5.74, 6) is 0. The zero-order valence-corrected chi connectivity index (χ0v) is 6.74. The van der Waals surface area contributed by atoms with Crippen molar-refractivity contribution in [3.63, 3.8) is 0 Å². The summed E-state index contributed by atoms with van der Waals surface area (Å²) < 4.78 is 13.4. The third-order valence-corrected chi connectivity index (χ3v) is 1.82. The van der Waals surface area contributed by atoms with Gasteiger partial charge < -0.3 is 10.0 Å². The molecular formula is C8H10BFO2. The molecule has 0 bridgehead atoms. The van der Waals surface area contributed by atoms with Crippen molar-refractivity contribution in [2.75, 3.05) is 0 Å². The lowest BCUT2D eigenvalue weighted by atomic mass is 9.67. The van der Waals surface area contributed by atoms with Crippen molar-refractivity contribution < 1.29 is 14.4 Å². The first-order valence-corrected chi connectivity index (χ1v) is 3.65. The monoisotopic (exact) mass is 168 g/mol. The van der Waals surface area contributed by atoms with Crippen LogP contribution in [0.25, 0.3) is 0 Å². The molecule has 1 rings (SSSR count). The fourth-order valence-electron chi connectivity index (χ4n) is 0.913. The van der Waals surface area contributed by atoms with Crippen LogP contribution >= 0.6 is 0 Å². The molecule has 0 saturated carbocycles. The molecule has 0 fully saturated rings. The van der Waals surface area contributed by atoms with Gasteiger partial charge in [0.1, 0.15) is 0 Å². The fraction of sp³-hybridized carbons (Fsp3) is 0.250. The minimum absolute atomic E-state index is 0.264. The SMILES string of the molecule is CC(F)(B(O)O)c1ccccc1. The first-order valence-electron chi connectivity index (χ1n) is 3.65. The summed E-state index contributed by atoms with van der Waals surface area (Å²) in [5, 5.41) is 17.4. The Bertz CT molecular complexity index is 248. The van der Waals surface area contributed by atoms with Crippen LogP contribution in [0.15, 0.2) is 30.3 Å². The molecule has 0 aromatic heterocycles. The van der Waals surface area contributed by atoms with Crippen molar-refractivity contribution in [1.82, 2.24) is 0 Å². The van der Waals surface area contributed by atoms with Gasteiger partial charge in [0.05, 0.1) is 0 Å². The summed E-state index contributed by atoms with van der Waals surface area (Å²) in [6, 6.07) is 8.06. The molecule has 1 atom stereocenters. The van der Waals surface area contributed by atoms with Crippen LogP contribution in [0.3, 0.4) is 0 Å². The minimum Gasteiger partial charge on any atom is -0.425 e. The summed E-state index contributed by atoms with van der Waals surface area (Å²) in [6.45, 7) is 1.13. The average Bonchev–Trinajstić information content (AvgIpc) is 2.06. The highest BCUT2D eigenvalue weighted by Gasteiger charge is 2.39. The molecule has 12 heavy (non-hydrogen) atoms. The smallest absolute Gasteiger partial charge is 0.425 e. The number of benzene rings is 1. The molecular weight excluding hydrogens is 158 g/mol. The molecule has 0 aliphatic heterocycles. The van der Waals surface area contributed by atoms with Crippen LogP contribution in [0.4, 0.5) is 4.39 Å². The van der Waals surface area contributed by atoms with Gasteiger partial charge in [0.25, 0.3) is 0 Å². The zero-order valence-electron chi connectivity index (χ0n) is 6.74. The quantitative estimate of drug-likeness (QED) is 0.643. The van der Waals surface area contributed by atoms with Gasteiger partial charge in [-0.3, -0.25) is 0 Å². The van der Waals surface area contributed by atoms with E-state index in [4.69, 9.17) is 10.0 Å². The Kier molecular flexibility index (Phi) is 2.50. The van der Waals surface area contributed by atoms with Crippen molar-refractivity contribution in [2.45, 2.75) is 12.5 Å². The van der Waals surface area contributed by atoms with Crippen LogP contribution in [-0.4, -0.2) is 17.2 Å². The lowest BCUT2D eigenvalue weighted by Gasteiger charge is -2.18. The molecule has 0 aliphatic carbocycles. The molecule has 2 N–H and O–H groups in total. The molecule has 2 nitrogen and oxygen atoms in total. The average molecular weight is 168 g/mol.